The van der Waals surface area contributed by atoms with E-state index in [1.807, 2.05) is 6.08 Å². The predicted molar refractivity (Wildman–Crippen MR) is 63.7 cm³/mol. The third-order valence-electron chi connectivity index (χ3n) is 3.72. The van der Waals surface area contributed by atoms with Crippen LogP contribution in [0.4, 0.5) is 0 Å². The topological polar surface area (TPSA) is 57.6 Å². The second kappa shape index (κ2) is 5.00. The van der Waals surface area contributed by atoms with E-state index in [0.717, 1.165) is 19.4 Å². The van der Waals surface area contributed by atoms with Gasteiger partial charge in [-0.15, -0.1) is 0 Å². The number of ketones is 1. The molecular formula is C13H19NO3. The monoisotopic (exact) mass is 237 g/mol. The number of Topliss-reactive ketones (excluding diaryl/α,β-unsaturated/α-hetero) is 1. The van der Waals surface area contributed by atoms with E-state index in [-0.39, 0.29) is 11.7 Å². The fourth-order valence-electron chi connectivity index (χ4n) is 2.97. The first-order valence-electron chi connectivity index (χ1n) is 6.31. The average Bonchev–Trinajstić information content (AvgIpc) is 2.28. The maximum atomic E-state index is 11.5. The van der Waals surface area contributed by atoms with E-state index in [1.54, 1.807) is 0 Å². The van der Waals surface area contributed by atoms with Crippen LogP contribution in [-0.4, -0.2) is 40.9 Å². The lowest BCUT2D eigenvalue weighted by Crippen LogP contribution is -2.48. The number of hydrogen-bond donors (Lipinski definition) is 1. The molecule has 0 unspecified atom stereocenters. The quantitative estimate of drug-likeness (QED) is 0.807. The van der Waals surface area contributed by atoms with Gasteiger partial charge in [-0.1, -0.05) is 13.0 Å². The van der Waals surface area contributed by atoms with Crippen molar-refractivity contribution in [2.75, 3.05) is 13.1 Å². The summed E-state index contributed by atoms with van der Waals surface area (Å²) in [5, 5.41) is 9.10. The fraction of sp³-hybridized carbons (Fsp3) is 0.692. The minimum atomic E-state index is -0.845. The van der Waals surface area contributed by atoms with Gasteiger partial charge in [0.2, 0.25) is 0 Å². The normalized spacial score (nSPS) is 29.7. The molecule has 17 heavy (non-hydrogen) atoms. The molecule has 0 saturated heterocycles. The Morgan fingerprint density at radius 1 is 1.59 bits per heavy atom. The van der Waals surface area contributed by atoms with Crippen LogP contribution in [0.2, 0.25) is 0 Å². The molecule has 1 aliphatic carbocycles. The maximum absolute atomic E-state index is 11.5. The third-order valence-corrected chi connectivity index (χ3v) is 3.72. The van der Waals surface area contributed by atoms with Gasteiger partial charge in [0.25, 0.3) is 0 Å². The summed E-state index contributed by atoms with van der Waals surface area (Å²) in [7, 11) is 0. The molecule has 0 amide bonds. The summed E-state index contributed by atoms with van der Waals surface area (Å²) in [5.74, 6) is -0.462. The van der Waals surface area contributed by atoms with E-state index >= 15 is 0 Å². The number of carboxylic acid groups (broad SMARTS) is 1. The highest BCUT2D eigenvalue weighted by atomic mass is 16.4. The van der Waals surface area contributed by atoms with Crippen molar-refractivity contribution in [3.63, 3.8) is 0 Å². The number of hydrogen-bond acceptors (Lipinski definition) is 3. The molecule has 94 valence electrons. The number of carboxylic acids is 1. The summed E-state index contributed by atoms with van der Waals surface area (Å²) in [6.07, 6.45) is 4.88. The highest BCUT2D eigenvalue weighted by molar-refractivity contribution is 5.88. The number of nitrogens with zero attached hydrogens (tertiary/aromatic N) is 1. The number of carbonyl (C=O) groups excluding carboxylic acids is 1. The second-order valence-corrected chi connectivity index (χ2v) is 4.98. The number of rotatable bonds is 3. The summed E-state index contributed by atoms with van der Waals surface area (Å²) >= 11 is 0. The van der Waals surface area contributed by atoms with Crippen molar-refractivity contribution in [3.8, 4) is 0 Å². The Bertz CT molecular complexity index is 362. The third kappa shape index (κ3) is 2.57. The van der Waals surface area contributed by atoms with E-state index in [4.69, 9.17) is 5.11 Å². The zero-order valence-electron chi connectivity index (χ0n) is 10.2. The van der Waals surface area contributed by atoms with E-state index in [1.165, 1.54) is 0 Å². The number of fused-ring (bicyclic) bond motifs is 1. The van der Waals surface area contributed by atoms with Gasteiger partial charge in [-0.2, -0.15) is 0 Å². The van der Waals surface area contributed by atoms with Crippen LogP contribution < -0.4 is 0 Å². The molecule has 0 spiro atoms. The Morgan fingerprint density at radius 2 is 2.35 bits per heavy atom. The van der Waals surface area contributed by atoms with Gasteiger partial charge in [-0.05, 0) is 19.4 Å². The van der Waals surface area contributed by atoms with Crippen molar-refractivity contribution in [1.82, 2.24) is 4.90 Å². The number of aliphatic carboxylic acids is 1. The van der Waals surface area contributed by atoms with Crippen LogP contribution >= 0.6 is 0 Å². The van der Waals surface area contributed by atoms with Crippen molar-refractivity contribution in [2.45, 2.75) is 38.6 Å². The Kier molecular flexibility index (Phi) is 3.62. The van der Waals surface area contributed by atoms with Crippen molar-refractivity contribution in [3.05, 3.63) is 11.6 Å². The minimum absolute atomic E-state index is 0.114. The molecule has 1 saturated carbocycles. The van der Waals surface area contributed by atoms with Crippen molar-refractivity contribution in [2.24, 2.45) is 5.92 Å². The first-order chi connectivity index (χ1) is 8.11. The Balaban J connectivity index is 2.20. The lowest BCUT2D eigenvalue weighted by molar-refractivity contribution is -0.133. The molecule has 4 nitrogen and oxygen atoms in total. The van der Waals surface area contributed by atoms with Gasteiger partial charge < -0.3 is 5.11 Å². The van der Waals surface area contributed by atoms with Crippen molar-refractivity contribution < 1.29 is 14.7 Å². The second-order valence-electron chi connectivity index (χ2n) is 4.98. The molecule has 4 heteroatoms. The molecule has 1 heterocycles. The van der Waals surface area contributed by atoms with Crippen LogP contribution in [0.25, 0.3) is 0 Å². The SMILES string of the molecule is CCCN1CC(C(=O)O)=C[C@@H]2CC(=O)CC[C@H]21. The summed E-state index contributed by atoms with van der Waals surface area (Å²) in [6.45, 7) is 3.54. The molecule has 0 aromatic rings. The predicted octanol–water partition coefficient (Wildman–Crippen LogP) is 1.46. The zero-order chi connectivity index (χ0) is 12.4. The Labute approximate surface area is 101 Å². The van der Waals surface area contributed by atoms with Gasteiger partial charge in [0.05, 0.1) is 0 Å². The Morgan fingerprint density at radius 3 is 3.00 bits per heavy atom. The van der Waals surface area contributed by atoms with Gasteiger partial charge in [0.1, 0.15) is 5.78 Å². The van der Waals surface area contributed by atoms with Gasteiger partial charge in [0, 0.05) is 36.9 Å². The van der Waals surface area contributed by atoms with Crippen molar-refractivity contribution in [1.29, 1.82) is 0 Å². The average molecular weight is 237 g/mol. The van der Waals surface area contributed by atoms with Crippen LogP contribution in [0.1, 0.15) is 32.6 Å². The molecule has 1 N–H and O–H groups in total. The zero-order valence-corrected chi connectivity index (χ0v) is 10.2. The first kappa shape index (κ1) is 12.3. The molecule has 2 atom stereocenters. The van der Waals surface area contributed by atoms with Crippen LogP contribution in [-0.2, 0) is 9.59 Å². The minimum Gasteiger partial charge on any atom is -0.478 e. The highest BCUT2D eigenvalue weighted by Gasteiger charge is 2.36. The molecular weight excluding hydrogens is 218 g/mol. The van der Waals surface area contributed by atoms with Gasteiger partial charge in [-0.3, -0.25) is 9.69 Å². The van der Waals surface area contributed by atoms with Gasteiger partial charge in [0.15, 0.2) is 0 Å². The summed E-state index contributed by atoms with van der Waals surface area (Å²) in [4.78, 5) is 24.8. The molecule has 1 fully saturated rings. The fourth-order valence-corrected chi connectivity index (χ4v) is 2.97. The molecule has 0 radical (unpaired) electrons. The van der Waals surface area contributed by atoms with E-state index < -0.39 is 5.97 Å². The lowest BCUT2D eigenvalue weighted by Gasteiger charge is -2.41. The van der Waals surface area contributed by atoms with E-state index in [0.29, 0.717) is 31.0 Å². The van der Waals surface area contributed by atoms with Crippen LogP contribution in [0, 0.1) is 5.92 Å². The maximum Gasteiger partial charge on any atom is 0.332 e. The summed E-state index contributed by atoms with van der Waals surface area (Å²) < 4.78 is 0. The standard InChI is InChI=1S/C13H19NO3/c1-2-5-14-8-10(13(16)17)6-9-7-11(15)3-4-12(9)14/h6,9,12H,2-5,7-8H2,1H3,(H,16,17)/t9-,12-/m1/s1. The molecule has 2 aliphatic rings. The lowest BCUT2D eigenvalue weighted by atomic mass is 9.79. The molecule has 0 bridgehead atoms. The largest absolute Gasteiger partial charge is 0.478 e. The van der Waals surface area contributed by atoms with Crippen LogP contribution in [0.15, 0.2) is 11.6 Å². The first-order valence-corrected chi connectivity index (χ1v) is 6.31. The molecule has 0 aromatic carbocycles. The van der Waals surface area contributed by atoms with E-state index in [9.17, 15) is 9.59 Å². The summed E-state index contributed by atoms with van der Waals surface area (Å²) in [5.41, 5.74) is 0.453. The summed E-state index contributed by atoms with van der Waals surface area (Å²) in [6, 6.07) is 0.371. The molecule has 2 rings (SSSR count). The Hall–Kier alpha value is -1.16. The molecule has 1 aliphatic heterocycles. The number of carbonyl (C=O) groups is 2. The van der Waals surface area contributed by atoms with E-state index in [2.05, 4.69) is 11.8 Å². The molecule has 0 aromatic heterocycles. The van der Waals surface area contributed by atoms with Crippen molar-refractivity contribution >= 4 is 11.8 Å². The van der Waals surface area contributed by atoms with Crippen LogP contribution in [0.5, 0.6) is 0 Å². The van der Waals surface area contributed by atoms with Crippen LogP contribution in [0.3, 0.4) is 0 Å². The highest BCUT2D eigenvalue weighted by Crippen LogP contribution is 2.32. The smallest absolute Gasteiger partial charge is 0.332 e. The van der Waals surface area contributed by atoms with Gasteiger partial charge in [-0.25, -0.2) is 4.79 Å². The van der Waals surface area contributed by atoms with Gasteiger partial charge >= 0.3 is 5.97 Å².